The Balaban J connectivity index is 1.70. The normalized spacial score (nSPS) is 12.0. The van der Waals surface area contributed by atoms with Crippen LogP contribution in [0.1, 0.15) is 12.5 Å². The van der Waals surface area contributed by atoms with E-state index in [1.165, 1.54) is 6.92 Å². The summed E-state index contributed by atoms with van der Waals surface area (Å²) in [4.78, 5) is 11.1. The van der Waals surface area contributed by atoms with E-state index in [9.17, 15) is 9.90 Å². The fraction of sp³-hybridized carbons (Fsp3) is 0.286. The van der Waals surface area contributed by atoms with Crippen molar-refractivity contribution < 1.29 is 19.4 Å². The summed E-state index contributed by atoms with van der Waals surface area (Å²) >= 11 is 0. The number of aliphatic hydroxyl groups is 1. The van der Waals surface area contributed by atoms with Crippen molar-refractivity contribution in [2.24, 2.45) is 0 Å². The Labute approximate surface area is 159 Å². The largest absolute Gasteiger partial charge is 0.496 e. The number of benzene rings is 2. The van der Waals surface area contributed by atoms with E-state index in [4.69, 9.17) is 9.47 Å². The van der Waals surface area contributed by atoms with Crippen molar-refractivity contribution in [1.82, 2.24) is 5.32 Å². The lowest BCUT2D eigenvalue weighted by molar-refractivity contribution is -0.114. The summed E-state index contributed by atoms with van der Waals surface area (Å²) in [6.45, 7) is 2.63. The zero-order chi connectivity index (χ0) is 19.5. The van der Waals surface area contributed by atoms with E-state index in [0.29, 0.717) is 24.5 Å². The zero-order valence-electron chi connectivity index (χ0n) is 15.6. The highest BCUT2D eigenvalue weighted by molar-refractivity contribution is 5.88. The molecule has 1 amide bonds. The molecule has 27 heavy (non-hydrogen) atoms. The average Bonchev–Trinajstić information content (AvgIpc) is 2.66. The molecule has 6 nitrogen and oxygen atoms in total. The lowest BCUT2D eigenvalue weighted by Gasteiger charge is -2.13. The molecule has 144 valence electrons. The van der Waals surface area contributed by atoms with E-state index in [2.05, 4.69) is 10.6 Å². The van der Waals surface area contributed by atoms with Gasteiger partial charge in [0.05, 0.1) is 7.11 Å². The number of carbonyl (C=O) groups is 1. The summed E-state index contributed by atoms with van der Waals surface area (Å²) in [6.07, 6.45) is 3.30. The van der Waals surface area contributed by atoms with Crippen molar-refractivity contribution in [3.63, 3.8) is 0 Å². The van der Waals surface area contributed by atoms with Gasteiger partial charge >= 0.3 is 0 Å². The number of rotatable bonds is 10. The third kappa shape index (κ3) is 7.52. The Bertz CT molecular complexity index is 761. The third-order valence-electron chi connectivity index (χ3n) is 3.68. The van der Waals surface area contributed by atoms with Gasteiger partial charge in [0, 0.05) is 37.3 Å². The predicted molar refractivity (Wildman–Crippen MR) is 107 cm³/mol. The number of anilines is 1. The van der Waals surface area contributed by atoms with E-state index in [-0.39, 0.29) is 12.5 Å². The molecule has 0 aromatic heterocycles. The minimum atomic E-state index is -0.644. The first-order chi connectivity index (χ1) is 13.1. The van der Waals surface area contributed by atoms with Crippen LogP contribution in [0.2, 0.25) is 0 Å². The number of carbonyl (C=O) groups excluding carboxylic acids is 1. The van der Waals surface area contributed by atoms with Crippen molar-refractivity contribution in [3.05, 3.63) is 60.2 Å². The molecule has 3 N–H and O–H groups in total. The Hall–Kier alpha value is -2.83. The number of para-hydroxylation sites is 1. The van der Waals surface area contributed by atoms with Gasteiger partial charge in [-0.1, -0.05) is 36.4 Å². The molecule has 2 aromatic rings. The van der Waals surface area contributed by atoms with Gasteiger partial charge in [-0.05, 0) is 18.2 Å². The van der Waals surface area contributed by atoms with Gasteiger partial charge in [-0.3, -0.25) is 4.79 Å². The van der Waals surface area contributed by atoms with Crippen molar-refractivity contribution in [2.75, 3.05) is 32.1 Å². The van der Waals surface area contributed by atoms with Gasteiger partial charge in [0.15, 0.2) is 0 Å². The maximum atomic E-state index is 11.1. The van der Waals surface area contributed by atoms with E-state index in [0.717, 1.165) is 11.3 Å². The van der Waals surface area contributed by atoms with Crippen molar-refractivity contribution in [2.45, 2.75) is 13.0 Å². The summed E-state index contributed by atoms with van der Waals surface area (Å²) in [6, 6.07) is 14.8. The van der Waals surface area contributed by atoms with Crippen LogP contribution in [0, 0.1) is 0 Å². The summed E-state index contributed by atoms with van der Waals surface area (Å²) in [5, 5.41) is 15.9. The molecular weight excluding hydrogens is 344 g/mol. The van der Waals surface area contributed by atoms with Crippen LogP contribution < -0.4 is 20.1 Å². The molecule has 1 atom stereocenters. The fourth-order valence-corrected chi connectivity index (χ4v) is 2.44. The Morgan fingerprint density at radius 2 is 2.04 bits per heavy atom. The van der Waals surface area contributed by atoms with Crippen LogP contribution in [-0.4, -0.2) is 43.9 Å². The van der Waals surface area contributed by atoms with E-state index in [1.807, 2.05) is 36.4 Å². The first-order valence-corrected chi connectivity index (χ1v) is 8.77. The number of nitrogens with one attached hydrogen (secondary N) is 2. The highest BCUT2D eigenvalue weighted by atomic mass is 16.5. The number of aliphatic hydroxyl groups excluding tert-OH is 1. The van der Waals surface area contributed by atoms with Crippen LogP contribution in [0.25, 0.3) is 6.08 Å². The molecule has 6 heteroatoms. The van der Waals surface area contributed by atoms with Crippen molar-refractivity contribution in [1.29, 1.82) is 0 Å². The fourth-order valence-electron chi connectivity index (χ4n) is 2.44. The summed E-state index contributed by atoms with van der Waals surface area (Å²) < 4.78 is 10.9. The van der Waals surface area contributed by atoms with E-state index >= 15 is 0 Å². The van der Waals surface area contributed by atoms with Gasteiger partial charge in [-0.2, -0.15) is 0 Å². The SMILES string of the molecule is COc1ccccc1/C=C/CNCC(O)COc1cccc(NC(C)=O)c1. The molecule has 0 bridgehead atoms. The molecule has 0 radical (unpaired) electrons. The number of hydrogen-bond donors (Lipinski definition) is 3. The number of amides is 1. The van der Waals surface area contributed by atoms with Crippen molar-refractivity contribution in [3.8, 4) is 11.5 Å². The molecule has 0 saturated heterocycles. The topological polar surface area (TPSA) is 79.8 Å². The summed E-state index contributed by atoms with van der Waals surface area (Å²) in [7, 11) is 1.65. The van der Waals surface area contributed by atoms with Crippen LogP contribution in [0.5, 0.6) is 11.5 Å². The van der Waals surface area contributed by atoms with Crippen LogP contribution in [0.3, 0.4) is 0 Å². The second-order valence-corrected chi connectivity index (χ2v) is 5.98. The molecular formula is C21H26N2O4. The summed E-state index contributed by atoms with van der Waals surface area (Å²) in [5.41, 5.74) is 1.67. The number of hydrogen-bond acceptors (Lipinski definition) is 5. The lowest BCUT2D eigenvalue weighted by atomic mass is 10.2. The molecule has 0 aliphatic rings. The molecule has 2 aromatic carbocycles. The van der Waals surface area contributed by atoms with Gasteiger partial charge in [0.25, 0.3) is 0 Å². The standard InChI is InChI=1S/C21H26N2O4/c1-16(24)23-18-9-5-10-20(13-18)27-15-19(25)14-22-12-6-8-17-7-3-4-11-21(17)26-2/h3-11,13,19,22,25H,12,14-15H2,1-2H3,(H,23,24)/b8-6+. The Kier molecular flexibility index (Phi) is 8.35. The maximum absolute atomic E-state index is 11.1. The molecule has 1 unspecified atom stereocenters. The number of methoxy groups -OCH3 is 1. The van der Waals surface area contributed by atoms with Gasteiger partial charge in [0.1, 0.15) is 24.2 Å². The monoisotopic (exact) mass is 370 g/mol. The molecule has 0 fully saturated rings. The highest BCUT2D eigenvalue weighted by Crippen LogP contribution is 2.18. The van der Waals surface area contributed by atoms with Gasteiger partial charge in [0.2, 0.25) is 5.91 Å². The quantitative estimate of drug-likeness (QED) is 0.561. The van der Waals surface area contributed by atoms with Crippen LogP contribution in [0.15, 0.2) is 54.6 Å². The second kappa shape index (κ2) is 11.0. The van der Waals surface area contributed by atoms with Crippen LogP contribution >= 0.6 is 0 Å². The molecule has 0 spiro atoms. The summed E-state index contributed by atoms with van der Waals surface area (Å²) in [5.74, 6) is 1.28. The molecule has 2 rings (SSSR count). The predicted octanol–water partition coefficient (Wildman–Crippen LogP) is 2.70. The van der Waals surface area contributed by atoms with Gasteiger partial charge in [-0.15, -0.1) is 0 Å². The van der Waals surface area contributed by atoms with Crippen LogP contribution in [0.4, 0.5) is 5.69 Å². The Morgan fingerprint density at radius 1 is 1.22 bits per heavy atom. The number of ether oxygens (including phenoxy) is 2. The van der Waals surface area contributed by atoms with Gasteiger partial charge < -0.3 is 25.2 Å². The lowest BCUT2D eigenvalue weighted by Crippen LogP contribution is -2.31. The Morgan fingerprint density at radius 3 is 2.81 bits per heavy atom. The molecule has 0 aliphatic carbocycles. The first-order valence-electron chi connectivity index (χ1n) is 8.77. The van der Waals surface area contributed by atoms with Crippen molar-refractivity contribution >= 4 is 17.7 Å². The van der Waals surface area contributed by atoms with Crippen LogP contribution in [-0.2, 0) is 4.79 Å². The van der Waals surface area contributed by atoms with E-state index in [1.54, 1.807) is 31.4 Å². The molecule has 0 heterocycles. The smallest absolute Gasteiger partial charge is 0.221 e. The third-order valence-corrected chi connectivity index (χ3v) is 3.68. The minimum absolute atomic E-state index is 0.141. The maximum Gasteiger partial charge on any atom is 0.221 e. The van der Waals surface area contributed by atoms with E-state index < -0.39 is 6.10 Å². The van der Waals surface area contributed by atoms with Gasteiger partial charge in [-0.25, -0.2) is 0 Å². The second-order valence-electron chi connectivity index (χ2n) is 5.98. The zero-order valence-corrected chi connectivity index (χ0v) is 15.6. The molecule has 0 aliphatic heterocycles. The first kappa shape index (κ1) is 20.5. The minimum Gasteiger partial charge on any atom is -0.496 e. The average molecular weight is 370 g/mol. The highest BCUT2D eigenvalue weighted by Gasteiger charge is 2.05. The molecule has 0 saturated carbocycles.